The molecule has 0 bridgehead atoms. The highest BCUT2D eigenvalue weighted by Crippen LogP contribution is 2.41. The van der Waals surface area contributed by atoms with Gasteiger partial charge in [0.25, 0.3) is 5.91 Å². The molecule has 346 valence electrons. The lowest BCUT2D eigenvalue weighted by atomic mass is 9.90. The van der Waals surface area contributed by atoms with Crippen LogP contribution in [0.25, 0.3) is 27.6 Å². The number of rotatable bonds is 10. The van der Waals surface area contributed by atoms with Gasteiger partial charge in [0.05, 0.1) is 27.8 Å². The number of hydrogen-bond donors (Lipinski definition) is 2. The van der Waals surface area contributed by atoms with Gasteiger partial charge >= 0.3 is 0 Å². The van der Waals surface area contributed by atoms with Crippen LogP contribution in [-0.4, -0.2) is 126 Å². The Morgan fingerprint density at radius 1 is 0.833 bits per heavy atom. The van der Waals surface area contributed by atoms with Crippen molar-refractivity contribution in [1.29, 1.82) is 0 Å². The number of anilines is 2. The molecular weight excluding hydrogens is 878 g/mol. The van der Waals surface area contributed by atoms with Crippen LogP contribution >= 0.6 is 11.6 Å². The lowest BCUT2D eigenvalue weighted by Gasteiger charge is -2.44. The Labute approximate surface area is 383 Å². The van der Waals surface area contributed by atoms with Crippen molar-refractivity contribution in [1.82, 2.24) is 34.8 Å². The van der Waals surface area contributed by atoms with E-state index in [1.165, 1.54) is 23.1 Å². The van der Waals surface area contributed by atoms with E-state index in [-0.39, 0.29) is 87.7 Å². The molecule has 0 radical (unpaired) electrons. The van der Waals surface area contributed by atoms with Gasteiger partial charge in [0, 0.05) is 121 Å². The van der Waals surface area contributed by atoms with E-state index in [0.717, 1.165) is 12.8 Å². The van der Waals surface area contributed by atoms with E-state index >= 15 is 17.6 Å². The summed E-state index contributed by atoms with van der Waals surface area (Å²) in [7, 11) is 3.12. The van der Waals surface area contributed by atoms with Gasteiger partial charge in [-0.25, -0.2) is 17.6 Å². The van der Waals surface area contributed by atoms with E-state index in [1.54, 1.807) is 60.3 Å². The molecule has 2 aromatic heterocycles. The summed E-state index contributed by atoms with van der Waals surface area (Å²) in [5.41, 5.74) is 1.63. The van der Waals surface area contributed by atoms with Crippen molar-refractivity contribution in [2.24, 2.45) is 0 Å². The number of piperidine rings is 2. The first-order valence-corrected chi connectivity index (χ1v) is 22.7. The van der Waals surface area contributed by atoms with Crippen LogP contribution in [0.5, 0.6) is 0 Å². The predicted molar refractivity (Wildman–Crippen MR) is 243 cm³/mol. The van der Waals surface area contributed by atoms with Gasteiger partial charge in [-0.15, -0.1) is 0 Å². The lowest BCUT2D eigenvalue weighted by molar-refractivity contribution is -0.134. The molecule has 0 saturated carbocycles. The molecule has 0 aliphatic carbocycles. The average Bonchev–Trinajstić information content (AvgIpc) is 4.02. The maximum absolute atomic E-state index is 16.6. The molecule has 9 rings (SSSR count). The second-order valence-electron chi connectivity index (χ2n) is 17.6. The number of aromatic amines is 1. The minimum atomic E-state index is -1.10. The number of halogens is 5. The molecule has 5 aromatic rings. The normalized spacial score (nSPS) is 18.8. The summed E-state index contributed by atoms with van der Waals surface area (Å²) in [6.45, 7) is 4.16. The Bertz CT molecular complexity index is 2740. The Morgan fingerprint density at radius 3 is 2.27 bits per heavy atom. The van der Waals surface area contributed by atoms with Crippen molar-refractivity contribution in [2.45, 2.75) is 57.0 Å². The van der Waals surface area contributed by atoms with E-state index in [9.17, 15) is 19.2 Å². The van der Waals surface area contributed by atoms with Gasteiger partial charge in [-0.1, -0.05) is 23.7 Å². The second-order valence-corrected chi connectivity index (χ2v) is 18.0. The molecule has 1 unspecified atom stereocenters. The predicted octanol–water partition coefficient (Wildman–Crippen LogP) is 6.96. The van der Waals surface area contributed by atoms with Crippen molar-refractivity contribution in [3.05, 3.63) is 106 Å². The van der Waals surface area contributed by atoms with Crippen LogP contribution in [-0.2, 0) is 20.9 Å². The van der Waals surface area contributed by atoms with Crippen LogP contribution in [0.2, 0.25) is 5.02 Å². The highest BCUT2D eigenvalue weighted by Gasteiger charge is 2.34. The van der Waals surface area contributed by atoms with Gasteiger partial charge in [-0.05, 0) is 78.8 Å². The summed E-state index contributed by atoms with van der Waals surface area (Å²) in [4.78, 5) is 62.4. The quantitative estimate of drug-likeness (QED) is 0.114. The number of nitrogens with one attached hydrogen (secondary N) is 2. The fraction of sp³-hybridized carbons (Fsp3) is 0.396. The van der Waals surface area contributed by atoms with Crippen LogP contribution in [0.4, 0.5) is 28.9 Å². The third kappa shape index (κ3) is 8.65. The zero-order valence-corrected chi connectivity index (χ0v) is 37.4. The summed E-state index contributed by atoms with van der Waals surface area (Å²) in [5.74, 6) is -5.47. The molecule has 6 heterocycles. The number of amides is 4. The topological polar surface area (TPSA) is 130 Å². The number of fused-ring (bicyclic) bond motifs is 1. The van der Waals surface area contributed by atoms with Gasteiger partial charge in [0.1, 0.15) is 5.69 Å². The van der Waals surface area contributed by atoms with Gasteiger partial charge < -0.3 is 24.6 Å². The maximum atomic E-state index is 16.6. The number of imide groups is 1. The summed E-state index contributed by atoms with van der Waals surface area (Å²) >= 11 is 6.47. The van der Waals surface area contributed by atoms with Gasteiger partial charge in [-0.2, -0.15) is 5.10 Å². The van der Waals surface area contributed by atoms with E-state index < -0.39 is 41.0 Å². The first-order chi connectivity index (χ1) is 31.8. The lowest BCUT2D eigenvalue weighted by Crippen LogP contribution is -2.53. The molecule has 4 amide bonds. The molecule has 4 aliphatic heterocycles. The number of aromatic nitrogens is 3. The Hall–Kier alpha value is -6.20. The molecule has 3 fully saturated rings. The number of H-pyrrole nitrogens is 1. The average molecular weight is 928 g/mol. The smallest absolute Gasteiger partial charge is 0.269 e. The summed E-state index contributed by atoms with van der Waals surface area (Å²) in [6, 6.07) is 11.3. The number of nitrogens with zero attached hydrogens (tertiary/aromatic N) is 7. The largest absolute Gasteiger partial charge is 0.369 e. The summed E-state index contributed by atoms with van der Waals surface area (Å²) in [5, 5.41) is 6.56. The zero-order chi connectivity index (χ0) is 46.4. The molecule has 13 nitrogen and oxygen atoms in total. The van der Waals surface area contributed by atoms with Crippen LogP contribution in [0.15, 0.2) is 60.9 Å². The zero-order valence-electron chi connectivity index (χ0n) is 36.7. The molecule has 4 aliphatic rings. The number of piperazine rings is 1. The SMILES string of the molecule is CN(C)C(=O)c1cc2c(-c3ccc(N4CCN(C5CCN(c6ccc(C7CCC(=O)NC7=O)c(Cl)c6F)CC5)CC4)c(F)c3F)cc(C3=CCCN(C(=O)CCn4cccn4)C3)c(F)c2[nH]1. The molecule has 1 atom stereocenters. The van der Waals surface area contributed by atoms with E-state index in [4.69, 9.17) is 11.6 Å². The number of benzene rings is 3. The summed E-state index contributed by atoms with van der Waals surface area (Å²) < 4.78 is 66.9. The van der Waals surface area contributed by atoms with Crippen molar-refractivity contribution < 1.29 is 36.7 Å². The van der Waals surface area contributed by atoms with Gasteiger partial charge in [-0.3, -0.25) is 34.1 Å². The minimum absolute atomic E-state index is 0.0295. The molecule has 3 aromatic carbocycles. The Morgan fingerprint density at radius 2 is 1.56 bits per heavy atom. The minimum Gasteiger partial charge on any atom is -0.369 e. The second kappa shape index (κ2) is 18.6. The highest BCUT2D eigenvalue weighted by molar-refractivity contribution is 6.32. The number of aryl methyl sites for hydroxylation is 1. The first kappa shape index (κ1) is 45.0. The van der Waals surface area contributed by atoms with Crippen molar-refractivity contribution in [3.63, 3.8) is 0 Å². The van der Waals surface area contributed by atoms with Crippen LogP contribution in [0.3, 0.4) is 0 Å². The fourth-order valence-electron chi connectivity index (χ4n) is 9.87. The maximum Gasteiger partial charge on any atom is 0.269 e. The molecule has 2 N–H and O–H groups in total. The van der Waals surface area contributed by atoms with Crippen LogP contribution in [0, 0.1) is 23.3 Å². The third-order valence-corrected chi connectivity index (χ3v) is 13.9. The highest BCUT2D eigenvalue weighted by atomic mass is 35.5. The van der Waals surface area contributed by atoms with Crippen LogP contribution in [0.1, 0.15) is 66.1 Å². The molecule has 3 saturated heterocycles. The van der Waals surface area contributed by atoms with E-state index in [0.29, 0.717) is 75.6 Å². The first-order valence-electron chi connectivity index (χ1n) is 22.3. The van der Waals surface area contributed by atoms with E-state index in [2.05, 4.69) is 20.3 Å². The molecule has 66 heavy (non-hydrogen) atoms. The Balaban J connectivity index is 0.895. The monoisotopic (exact) mass is 927 g/mol. The standard InChI is InChI=1S/C48H50ClF4N9O4/c1-57(2)48(66)36-26-35-34(25-33(43(51)46(35)55-36)28-5-3-16-61(27-28)40(64)14-20-62-17-4-15-54-62)31-7-10-38(45(53)42(31)50)60-23-21-58(22-24-60)29-12-18-59(19-13-29)37-9-6-30(41(49)44(37)52)32-8-11-39(63)56-47(32)65/h4-7,9-10,15,17,25-26,29,32,55H,3,8,11-14,16,18-24,27H2,1-2H3,(H,56,63,65). The molecule has 18 heteroatoms. The van der Waals surface area contributed by atoms with Gasteiger partial charge in [0.15, 0.2) is 23.3 Å². The van der Waals surface area contributed by atoms with Crippen molar-refractivity contribution in [3.8, 4) is 11.1 Å². The third-order valence-electron chi connectivity index (χ3n) is 13.5. The van der Waals surface area contributed by atoms with Crippen LogP contribution < -0.4 is 15.1 Å². The molecular formula is C48H50ClF4N9O4. The van der Waals surface area contributed by atoms with Crippen molar-refractivity contribution in [2.75, 3.05) is 76.3 Å². The van der Waals surface area contributed by atoms with E-state index in [1.807, 2.05) is 15.9 Å². The van der Waals surface area contributed by atoms with Crippen molar-refractivity contribution >= 4 is 63.1 Å². The molecule has 0 spiro atoms. The summed E-state index contributed by atoms with van der Waals surface area (Å²) in [6.07, 6.45) is 7.85. The number of carbonyl (C=O) groups excluding carboxylic acids is 4. The fourth-order valence-corrected chi connectivity index (χ4v) is 10.2. The number of hydrogen-bond acceptors (Lipinski definition) is 8. The Kier molecular flexibility index (Phi) is 12.7. The number of carbonyl (C=O) groups is 4. The van der Waals surface area contributed by atoms with Gasteiger partial charge in [0.2, 0.25) is 17.7 Å².